The van der Waals surface area contributed by atoms with Crippen LogP contribution in [0.4, 0.5) is 0 Å². The van der Waals surface area contributed by atoms with Gasteiger partial charge in [0.05, 0.1) is 0 Å². The molecule has 0 bridgehead atoms. The standard InChI is InChI=1S/C13H25N3S/c1-4-5-6-7-12-15-16-13(17-12)8-9-14-10-11(2)3/h11,14H,4-10H2,1-3H3. The van der Waals surface area contributed by atoms with Crippen LogP contribution in [0.1, 0.15) is 50.0 Å². The number of rotatable bonds is 9. The molecule has 0 amide bonds. The minimum Gasteiger partial charge on any atom is -0.316 e. The quantitative estimate of drug-likeness (QED) is 0.689. The minimum absolute atomic E-state index is 0.717. The zero-order valence-electron chi connectivity index (χ0n) is 11.3. The van der Waals surface area contributed by atoms with E-state index >= 15 is 0 Å². The molecule has 0 aliphatic carbocycles. The van der Waals surface area contributed by atoms with Gasteiger partial charge in [0.15, 0.2) is 0 Å². The fraction of sp³-hybridized carbons (Fsp3) is 0.846. The van der Waals surface area contributed by atoms with Crippen molar-refractivity contribution in [1.29, 1.82) is 0 Å². The summed E-state index contributed by atoms with van der Waals surface area (Å²) in [6.45, 7) is 8.78. The third kappa shape index (κ3) is 6.74. The highest BCUT2D eigenvalue weighted by Crippen LogP contribution is 2.13. The van der Waals surface area contributed by atoms with Crippen molar-refractivity contribution >= 4 is 11.3 Å². The van der Waals surface area contributed by atoms with Gasteiger partial charge >= 0.3 is 0 Å². The summed E-state index contributed by atoms with van der Waals surface area (Å²) in [4.78, 5) is 0. The molecule has 1 aromatic rings. The molecule has 0 spiro atoms. The topological polar surface area (TPSA) is 37.8 Å². The Hall–Kier alpha value is -0.480. The highest BCUT2D eigenvalue weighted by atomic mass is 32.1. The van der Waals surface area contributed by atoms with E-state index in [1.165, 1.54) is 29.3 Å². The number of unbranched alkanes of at least 4 members (excludes halogenated alkanes) is 2. The van der Waals surface area contributed by atoms with E-state index in [-0.39, 0.29) is 0 Å². The molecule has 0 aliphatic rings. The van der Waals surface area contributed by atoms with E-state index in [4.69, 9.17) is 0 Å². The van der Waals surface area contributed by atoms with E-state index in [2.05, 4.69) is 36.3 Å². The van der Waals surface area contributed by atoms with Gasteiger partial charge in [-0.2, -0.15) is 0 Å². The van der Waals surface area contributed by atoms with Crippen molar-refractivity contribution in [2.75, 3.05) is 13.1 Å². The van der Waals surface area contributed by atoms with Gasteiger partial charge in [-0.3, -0.25) is 0 Å². The molecular weight excluding hydrogens is 230 g/mol. The average Bonchev–Trinajstić information content (AvgIpc) is 2.73. The Morgan fingerprint density at radius 2 is 1.82 bits per heavy atom. The highest BCUT2D eigenvalue weighted by molar-refractivity contribution is 7.11. The summed E-state index contributed by atoms with van der Waals surface area (Å²) in [7, 11) is 0. The van der Waals surface area contributed by atoms with E-state index in [1.54, 1.807) is 11.3 Å². The predicted molar refractivity (Wildman–Crippen MR) is 74.5 cm³/mol. The van der Waals surface area contributed by atoms with Crippen LogP contribution in [-0.4, -0.2) is 23.3 Å². The zero-order valence-corrected chi connectivity index (χ0v) is 12.1. The summed E-state index contributed by atoms with van der Waals surface area (Å²) in [5.74, 6) is 0.717. The van der Waals surface area contributed by atoms with Gasteiger partial charge in [-0.25, -0.2) is 0 Å². The van der Waals surface area contributed by atoms with Crippen LogP contribution in [-0.2, 0) is 12.8 Å². The highest BCUT2D eigenvalue weighted by Gasteiger charge is 2.03. The summed E-state index contributed by atoms with van der Waals surface area (Å²) in [5.41, 5.74) is 0. The van der Waals surface area contributed by atoms with Gasteiger partial charge in [0.25, 0.3) is 0 Å². The summed E-state index contributed by atoms with van der Waals surface area (Å²) in [5, 5.41) is 14.3. The Kier molecular flexibility index (Phi) is 7.37. The van der Waals surface area contributed by atoms with Gasteiger partial charge in [-0.1, -0.05) is 33.6 Å². The molecule has 0 fully saturated rings. The number of hydrogen-bond acceptors (Lipinski definition) is 4. The van der Waals surface area contributed by atoms with Crippen LogP contribution < -0.4 is 5.32 Å². The van der Waals surface area contributed by atoms with E-state index < -0.39 is 0 Å². The minimum atomic E-state index is 0.717. The number of aromatic nitrogens is 2. The monoisotopic (exact) mass is 255 g/mol. The molecule has 98 valence electrons. The fourth-order valence-electron chi connectivity index (χ4n) is 1.60. The molecule has 1 heterocycles. The maximum atomic E-state index is 4.24. The molecule has 3 nitrogen and oxygen atoms in total. The van der Waals surface area contributed by atoms with Crippen LogP contribution in [0.3, 0.4) is 0 Å². The molecule has 1 rings (SSSR count). The van der Waals surface area contributed by atoms with Crippen LogP contribution in [0.5, 0.6) is 0 Å². The smallest absolute Gasteiger partial charge is 0.118 e. The predicted octanol–water partition coefficient (Wildman–Crippen LogP) is 3.06. The lowest BCUT2D eigenvalue weighted by molar-refractivity contribution is 0.553. The maximum Gasteiger partial charge on any atom is 0.118 e. The zero-order chi connectivity index (χ0) is 12.5. The van der Waals surface area contributed by atoms with E-state index in [0.717, 1.165) is 25.9 Å². The van der Waals surface area contributed by atoms with Crippen LogP contribution in [0, 0.1) is 5.92 Å². The lowest BCUT2D eigenvalue weighted by Crippen LogP contribution is -2.22. The second-order valence-corrected chi connectivity index (χ2v) is 6.04. The molecule has 0 saturated heterocycles. The average molecular weight is 255 g/mol. The second-order valence-electron chi connectivity index (χ2n) is 4.89. The molecule has 0 aromatic carbocycles. The number of nitrogens with one attached hydrogen (secondary N) is 1. The molecule has 0 radical (unpaired) electrons. The Morgan fingerprint density at radius 1 is 1.12 bits per heavy atom. The Labute approximate surface area is 109 Å². The van der Waals surface area contributed by atoms with Gasteiger partial charge in [-0.05, 0) is 18.9 Å². The van der Waals surface area contributed by atoms with E-state index in [1.807, 2.05) is 0 Å². The van der Waals surface area contributed by atoms with E-state index in [9.17, 15) is 0 Å². The number of aryl methyl sites for hydroxylation is 1. The van der Waals surface area contributed by atoms with Crippen molar-refractivity contribution in [3.8, 4) is 0 Å². The Morgan fingerprint density at radius 3 is 2.47 bits per heavy atom. The first-order valence-corrected chi connectivity index (χ1v) is 7.56. The SMILES string of the molecule is CCCCCc1nnc(CCNCC(C)C)s1. The van der Waals surface area contributed by atoms with Crippen molar-refractivity contribution in [2.24, 2.45) is 5.92 Å². The summed E-state index contributed by atoms with van der Waals surface area (Å²) >= 11 is 1.78. The van der Waals surface area contributed by atoms with Crippen LogP contribution in [0.15, 0.2) is 0 Å². The van der Waals surface area contributed by atoms with Crippen LogP contribution in [0.2, 0.25) is 0 Å². The van der Waals surface area contributed by atoms with Gasteiger partial charge in [0.2, 0.25) is 0 Å². The lowest BCUT2D eigenvalue weighted by atomic mass is 10.2. The van der Waals surface area contributed by atoms with Crippen LogP contribution >= 0.6 is 11.3 Å². The molecule has 0 saturated carbocycles. The van der Waals surface area contributed by atoms with Crippen molar-refractivity contribution in [3.05, 3.63) is 10.0 Å². The third-order valence-electron chi connectivity index (χ3n) is 2.57. The van der Waals surface area contributed by atoms with Gasteiger partial charge in [0.1, 0.15) is 10.0 Å². The summed E-state index contributed by atoms with van der Waals surface area (Å²) in [6.07, 6.45) is 5.93. The first-order valence-electron chi connectivity index (χ1n) is 6.74. The third-order valence-corrected chi connectivity index (χ3v) is 3.61. The molecular formula is C13H25N3S. The Bertz CT molecular complexity index is 297. The normalized spacial score (nSPS) is 11.3. The molecule has 1 N–H and O–H groups in total. The van der Waals surface area contributed by atoms with E-state index in [0.29, 0.717) is 5.92 Å². The number of nitrogens with zero attached hydrogens (tertiary/aromatic N) is 2. The molecule has 0 aliphatic heterocycles. The van der Waals surface area contributed by atoms with Gasteiger partial charge < -0.3 is 5.32 Å². The lowest BCUT2D eigenvalue weighted by Gasteiger charge is -2.05. The summed E-state index contributed by atoms with van der Waals surface area (Å²) in [6, 6.07) is 0. The molecule has 0 atom stereocenters. The molecule has 0 unspecified atom stereocenters. The van der Waals surface area contributed by atoms with Crippen molar-refractivity contribution in [2.45, 2.75) is 52.9 Å². The first-order chi connectivity index (χ1) is 8.22. The summed E-state index contributed by atoms with van der Waals surface area (Å²) < 4.78 is 0. The molecule has 1 aromatic heterocycles. The van der Waals surface area contributed by atoms with Crippen LogP contribution in [0.25, 0.3) is 0 Å². The van der Waals surface area contributed by atoms with Crippen molar-refractivity contribution in [3.63, 3.8) is 0 Å². The van der Waals surface area contributed by atoms with Gasteiger partial charge in [-0.15, -0.1) is 21.5 Å². The largest absolute Gasteiger partial charge is 0.316 e. The number of hydrogen-bond donors (Lipinski definition) is 1. The molecule has 17 heavy (non-hydrogen) atoms. The maximum absolute atomic E-state index is 4.24. The van der Waals surface area contributed by atoms with Crippen molar-refractivity contribution in [1.82, 2.24) is 15.5 Å². The molecule has 4 heteroatoms. The first kappa shape index (κ1) is 14.6. The fourth-order valence-corrected chi connectivity index (χ4v) is 2.49. The second kappa shape index (κ2) is 8.59. The van der Waals surface area contributed by atoms with Gasteiger partial charge in [0, 0.05) is 19.4 Å². The van der Waals surface area contributed by atoms with Crippen molar-refractivity contribution < 1.29 is 0 Å². The Balaban J connectivity index is 2.16.